The fraction of sp³-hybridized carbons (Fsp3) is 0.256. The molecule has 0 unspecified atom stereocenters. The van der Waals surface area contributed by atoms with Gasteiger partial charge in [-0.25, -0.2) is 12.2 Å². The third-order valence-corrected chi connectivity index (χ3v) is 8.94. The molecule has 4 heteroatoms. The molecule has 4 aromatic carbocycles. The maximum atomic E-state index is 5.97. The molecule has 0 saturated heterocycles. The second kappa shape index (κ2) is 16.3. The largest absolute Gasteiger partial charge is 1.00 e. The van der Waals surface area contributed by atoms with Gasteiger partial charge >= 0.3 is 110 Å². The van der Waals surface area contributed by atoms with Crippen LogP contribution in [0.2, 0.25) is 5.02 Å². The number of hydrogen-bond acceptors (Lipinski definition) is 0. The van der Waals surface area contributed by atoms with Crippen LogP contribution in [0.25, 0.3) is 11.1 Å². The maximum Gasteiger partial charge on any atom is -0.109 e. The molecule has 0 atom stereocenters. The van der Waals surface area contributed by atoms with Crippen molar-refractivity contribution in [3.63, 3.8) is 0 Å². The van der Waals surface area contributed by atoms with Crippen LogP contribution in [0.15, 0.2) is 103 Å². The fourth-order valence-corrected chi connectivity index (χ4v) is 5.72. The third-order valence-electron chi connectivity index (χ3n) is 7.29. The summed E-state index contributed by atoms with van der Waals surface area (Å²) in [5, 5.41) is 0.795. The molecule has 0 aliphatic heterocycles. The van der Waals surface area contributed by atoms with Gasteiger partial charge in [-0.3, -0.25) is 6.08 Å². The zero-order chi connectivity index (χ0) is 29.6. The molecule has 0 spiro atoms. The van der Waals surface area contributed by atoms with E-state index < -0.39 is 0 Å². The van der Waals surface area contributed by atoms with Crippen molar-refractivity contribution in [2.24, 2.45) is 0 Å². The number of hydrogen-bond donors (Lipinski definition) is 0. The van der Waals surface area contributed by atoms with Crippen LogP contribution in [-0.4, -0.2) is 3.21 Å². The van der Waals surface area contributed by atoms with E-state index >= 15 is 0 Å². The first kappa shape index (κ1) is 37.2. The topological polar surface area (TPSA) is 0 Å². The molecule has 222 valence electrons. The Morgan fingerprint density at radius 2 is 1.40 bits per heavy atom. The van der Waals surface area contributed by atoms with E-state index in [2.05, 4.69) is 120 Å². The Bertz CT molecular complexity index is 1500. The molecule has 6 rings (SSSR count). The summed E-state index contributed by atoms with van der Waals surface area (Å²) in [5.74, 6) is 0. The van der Waals surface area contributed by atoms with E-state index in [-0.39, 0.29) is 35.6 Å². The number of halogens is 3. The van der Waals surface area contributed by atoms with E-state index in [9.17, 15) is 0 Å². The van der Waals surface area contributed by atoms with Gasteiger partial charge in [-0.2, -0.15) is 35.4 Å². The van der Waals surface area contributed by atoms with Crippen LogP contribution in [0.5, 0.6) is 0 Å². The van der Waals surface area contributed by atoms with Crippen LogP contribution in [0.4, 0.5) is 0 Å². The summed E-state index contributed by atoms with van der Waals surface area (Å²) in [5.41, 5.74) is 11.3. The molecule has 0 nitrogen and oxygen atoms in total. The Morgan fingerprint density at radius 3 is 1.95 bits per heavy atom. The third kappa shape index (κ3) is 10.3. The quantitative estimate of drug-likeness (QED) is 0.239. The Hall–Kier alpha value is -2.02. The Morgan fingerprint density at radius 1 is 0.744 bits per heavy atom. The van der Waals surface area contributed by atoms with Crippen molar-refractivity contribution in [3.05, 3.63) is 154 Å². The number of allylic oxidation sites excluding steroid dienone is 4. The van der Waals surface area contributed by atoms with Crippen LogP contribution >= 0.6 is 11.6 Å². The minimum Gasteiger partial charge on any atom is -1.00 e. The van der Waals surface area contributed by atoms with Crippen molar-refractivity contribution in [1.82, 2.24) is 0 Å². The molecule has 0 amide bonds. The Kier molecular flexibility index (Phi) is 14.1. The molecule has 0 aromatic heterocycles. The predicted molar refractivity (Wildman–Crippen MR) is 174 cm³/mol. The van der Waals surface area contributed by atoms with Gasteiger partial charge in [0.15, 0.2) is 0 Å². The first-order valence-corrected chi connectivity index (χ1v) is 15.8. The molecular formula is C39H39Cl3Zr-2. The van der Waals surface area contributed by atoms with Crippen molar-refractivity contribution < 1.29 is 49.0 Å². The first-order valence-electron chi connectivity index (χ1n) is 14.2. The van der Waals surface area contributed by atoms with E-state index in [1.807, 2.05) is 36.4 Å². The predicted octanol–water partition coefficient (Wildman–Crippen LogP) is 4.42. The van der Waals surface area contributed by atoms with Crippen LogP contribution in [0.1, 0.15) is 81.3 Å². The SMILES string of the molecule is CC(C)(C)c1c[c-]c2c(c1)-c1cc(C(C)(C)C)ccc1C2.Clc1cccc([C](=[Zr+2])c2ccccc2)c1.[C-]1=CC=CC1.[Cl-].[Cl-]. The van der Waals surface area contributed by atoms with Gasteiger partial charge in [0, 0.05) is 0 Å². The first-order chi connectivity index (χ1) is 19.4. The average molecular weight is 705 g/mol. The molecule has 0 fully saturated rings. The Balaban J connectivity index is 0.000000256. The molecule has 2 aliphatic rings. The number of rotatable bonds is 2. The van der Waals surface area contributed by atoms with Crippen LogP contribution < -0.4 is 24.8 Å². The van der Waals surface area contributed by atoms with Gasteiger partial charge in [0.05, 0.1) is 0 Å². The average Bonchev–Trinajstić information content (AvgIpc) is 3.64. The summed E-state index contributed by atoms with van der Waals surface area (Å²) in [7, 11) is 0. The monoisotopic (exact) mass is 702 g/mol. The van der Waals surface area contributed by atoms with Gasteiger partial charge in [-0.15, -0.1) is 12.0 Å². The molecule has 2 aliphatic carbocycles. The fourth-order valence-electron chi connectivity index (χ4n) is 4.74. The second-order valence-corrected chi connectivity index (χ2v) is 14.2. The molecule has 0 radical (unpaired) electrons. The van der Waals surface area contributed by atoms with Gasteiger partial charge in [-0.05, 0) is 17.4 Å². The molecule has 4 aromatic rings. The van der Waals surface area contributed by atoms with Gasteiger partial charge in [0.2, 0.25) is 0 Å². The van der Waals surface area contributed by atoms with Crippen molar-refractivity contribution in [2.45, 2.75) is 65.2 Å². The van der Waals surface area contributed by atoms with E-state index in [1.165, 1.54) is 71.9 Å². The van der Waals surface area contributed by atoms with Crippen molar-refractivity contribution in [2.75, 3.05) is 0 Å². The van der Waals surface area contributed by atoms with Crippen molar-refractivity contribution in [3.8, 4) is 11.1 Å². The van der Waals surface area contributed by atoms with Gasteiger partial charge in [-0.1, -0.05) is 76.3 Å². The minimum absolute atomic E-state index is 0. The van der Waals surface area contributed by atoms with Gasteiger partial charge < -0.3 is 24.8 Å². The standard InChI is InChI=1S/C21H25.C13H9Cl.C5H5.2ClH.Zr/c1-20(2,3)16-9-7-14-11-15-8-10-17(21(4,5)6)13-19(15)18(14)12-16;14-13-8-4-7-12(10-13)9-11-5-2-1-3-6-11;1-2-4-5-3-1;;;/h7,9-10,12-13H,11H2,1-6H3;1-8,10H;1-3H,4H2;2*1H;/q-1;;-1;;;+2/p-2. The summed E-state index contributed by atoms with van der Waals surface area (Å²) in [6.45, 7) is 13.6. The molecular weight excluding hydrogens is 666 g/mol. The van der Waals surface area contributed by atoms with Crippen molar-refractivity contribution in [1.29, 1.82) is 0 Å². The zero-order valence-corrected chi connectivity index (χ0v) is 30.6. The maximum absolute atomic E-state index is 5.97. The van der Waals surface area contributed by atoms with E-state index in [4.69, 9.17) is 11.6 Å². The van der Waals surface area contributed by atoms with Crippen LogP contribution in [0.3, 0.4) is 0 Å². The zero-order valence-electron chi connectivity index (χ0n) is 25.9. The number of benzene rings is 4. The van der Waals surface area contributed by atoms with Crippen molar-refractivity contribution >= 4 is 14.8 Å². The molecule has 0 heterocycles. The van der Waals surface area contributed by atoms with E-state index in [0.29, 0.717) is 0 Å². The summed E-state index contributed by atoms with van der Waals surface area (Å²) in [6.07, 6.45) is 11.0. The summed E-state index contributed by atoms with van der Waals surface area (Å²) in [4.78, 5) is 0. The van der Waals surface area contributed by atoms with Crippen LogP contribution in [-0.2, 0) is 41.5 Å². The van der Waals surface area contributed by atoms with E-state index in [1.54, 1.807) is 0 Å². The Labute approximate surface area is 291 Å². The summed E-state index contributed by atoms with van der Waals surface area (Å²) >= 11 is 7.38. The number of fused-ring (bicyclic) bond motifs is 3. The smallest absolute Gasteiger partial charge is 0.109 e. The summed E-state index contributed by atoms with van der Waals surface area (Å²) in [6, 6.07) is 33.5. The van der Waals surface area contributed by atoms with Crippen LogP contribution in [0, 0.1) is 12.1 Å². The van der Waals surface area contributed by atoms with Gasteiger partial charge in [0.1, 0.15) is 0 Å². The molecule has 0 bridgehead atoms. The van der Waals surface area contributed by atoms with E-state index in [0.717, 1.165) is 17.9 Å². The molecule has 0 saturated carbocycles. The molecule has 0 N–H and O–H groups in total. The summed E-state index contributed by atoms with van der Waals surface area (Å²) < 4.78 is 1.34. The van der Waals surface area contributed by atoms with Gasteiger partial charge in [0.25, 0.3) is 0 Å². The minimum atomic E-state index is 0. The molecule has 43 heavy (non-hydrogen) atoms. The normalized spacial score (nSPS) is 12.4. The second-order valence-electron chi connectivity index (χ2n) is 12.6.